The number of para-hydroxylation sites is 2. The van der Waals surface area contributed by atoms with Crippen molar-refractivity contribution in [3.05, 3.63) is 149 Å². The lowest BCUT2D eigenvalue weighted by atomic mass is 10.1. The van der Waals surface area contributed by atoms with Crippen molar-refractivity contribution in [2.75, 3.05) is 5.32 Å². The van der Waals surface area contributed by atoms with E-state index in [0.29, 0.717) is 28.7 Å². The van der Waals surface area contributed by atoms with Crippen LogP contribution >= 0.6 is 0 Å². The van der Waals surface area contributed by atoms with Crippen molar-refractivity contribution in [1.29, 1.82) is 0 Å². The van der Waals surface area contributed by atoms with Gasteiger partial charge >= 0.3 is 0 Å². The molecule has 0 radical (unpaired) electrons. The first-order valence-electron chi connectivity index (χ1n) is 12.3. The Morgan fingerprint density at radius 3 is 2.00 bits per heavy atom. The summed E-state index contributed by atoms with van der Waals surface area (Å²) in [6.07, 6.45) is 0. The molecule has 4 aromatic carbocycles. The summed E-state index contributed by atoms with van der Waals surface area (Å²) in [4.78, 5) is 23.1. The Kier molecular flexibility index (Phi) is 6.27. The van der Waals surface area contributed by atoms with E-state index in [4.69, 9.17) is 15.1 Å². The summed E-state index contributed by atoms with van der Waals surface area (Å²) >= 11 is 0. The second kappa shape index (κ2) is 10.3. The summed E-state index contributed by atoms with van der Waals surface area (Å²) in [6, 6.07) is 42.3. The van der Waals surface area contributed by atoms with E-state index in [0.717, 1.165) is 22.5 Å². The molecule has 0 bridgehead atoms. The third-order valence-corrected chi connectivity index (χ3v) is 6.06. The number of hydrogen-bond donors (Lipinski definition) is 1. The fraction of sp³-hybridized carbons (Fsp3) is 0. The predicted octanol–water partition coefficient (Wildman–Crippen LogP) is 6.59. The lowest BCUT2D eigenvalue weighted by molar-refractivity contribution is 0.828. The maximum absolute atomic E-state index is 13.4. The van der Waals surface area contributed by atoms with Crippen molar-refractivity contribution in [3.8, 4) is 28.5 Å². The van der Waals surface area contributed by atoms with Crippen molar-refractivity contribution >= 4 is 17.2 Å². The summed E-state index contributed by atoms with van der Waals surface area (Å²) in [6.45, 7) is 0. The number of anilines is 1. The van der Waals surface area contributed by atoms with Gasteiger partial charge in [-0.25, -0.2) is 14.7 Å². The lowest BCUT2D eigenvalue weighted by Crippen LogP contribution is -2.21. The van der Waals surface area contributed by atoms with Gasteiger partial charge in [0, 0.05) is 17.2 Å². The number of aromatic nitrogens is 3. The largest absolute Gasteiger partial charge is 0.336 e. The molecule has 0 aromatic heterocycles. The molecule has 0 saturated heterocycles. The third kappa shape index (κ3) is 4.83. The van der Waals surface area contributed by atoms with Crippen LogP contribution in [-0.2, 0) is 0 Å². The monoisotopic (exact) mass is 493 g/mol. The molecule has 38 heavy (non-hydrogen) atoms. The van der Waals surface area contributed by atoms with E-state index in [9.17, 15) is 4.79 Å². The topological polar surface area (TPSA) is 72.2 Å². The molecule has 0 amide bonds. The van der Waals surface area contributed by atoms with E-state index in [1.165, 1.54) is 0 Å². The quantitative estimate of drug-likeness (QED) is 0.217. The maximum Gasteiger partial charge on any atom is 0.204 e. The molecule has 182 valence electrons. The Hall–Kier alpha value is -5.36. The zero-order valence-electron chi connectivity index (χ0n) is 20.4. The van der Waals surface area contributed by atoms with Gasteiger partial charge in [0.05, 0.1) is 28.5 Å². The third-order valence-electron chi connectivity index (χ3n) is 6.06. The highest BCUT2D eigenvalue weighted by atomic mass is 16.1. The first kappa shape index (κ1) is 23.1. The fourth-order valence-corrected chi connectivity index (χ4v) is 4.19. The molecule has 0 atom stereocenters. The SMILES string of the molecule is O=c1cc2n(-c3ccccc3)nc(-c3ccccc3)nc-2cc1NC(=Nc1ccccc1)c1ccccc1. The van der Waals surface area contributed by atoms with Crippen molar-refractivity contribution in [3.63, 3.8) is 0 Å². The molecule has 0 spiro atoms. The summed E-state index contributed by atoms with van der Waals surface area (Å²) in [5.74, 6) is 1.13. The predicted molar refractivity (Wildman–Crippen MR) is 152 cm³/mol. The van der Waals surface area contributed by atoms with Gasteiger partial charge in [0.1, 0.15) is 5.84 Å². The second-order valence-corrected chi connectivity index (χ2v) is 8.67. The molecule has 4 aromatic rings. The maximum atomic E-state index is 13.4. The van der Waals surface area contributed by atoms with E-state index in [1.807, 2.05) is 121 Å². The van der Waals surface area contributed by atoms with Crippen molar-refractivity contribution in [2.45, 2.75) is 0 Å². The average molecular weight is 494 g/mol. The van der Waals surface area contributed by atoms with Crippen LogP contribution < -0.4 is 10.7 Å². The molecule has 1 aliphatic carbocycles. The molecule has 0 unspecified atom stereocenters. The van der Waals surface area contributed by atoms with Gasteiger partial charge in [-0.05, 0) is 30.3 Å². The highest BCUT2D eigenvalue weighted by Gasteiger charge is 2.18. The fourth-order valence-electron chi connectivity index (χ4n) is 4.19. The first-order chi connectivity index (χ1) is 18.7. The van der Waals surface area contributed by atoms with Gasteiger partial charge in [-0.3, -0.25) is 4.79 Å². The van der Waals surface area contributed by atoms with Crippen LogP contribution in [0.5, 0.6) is 0 Å². The highest BCUT2D eigenvalue weighted by Crippen LogP contribution is 2.27. The van der Waals surface area contributed by atoms with E-state index >= 15 is 0 Å². The van der Waals surface area contributed by atoms with Crippen LogP contribution in [0.15, 0.2) is 143 Å². The molecule has 6 rings (SSSR count). The number of hydrogen-bond acceptors (Lipinski definition) is 4. The summed E-state index contributed by atoms with van der Waals surface area (Å²) in [5, 5.41) is 8.09. The van der Waals surface area contributed by atoms with Crippen molar-refractivity contribution in [1.82, 2.24) is 14.8 Å². The standard InChI is InChI=1S/C32H23N5O/c38-30-22-29-27(34-32(24-15-7-2-8-16-24)36-37(29)26-19-11-4-12-20-26)21-28(30)35-31(23-13-5-1-6-14-23)33-25-17-9-3-10-18-25/h1-22H,(H,33,35). The molecule has 1 N–H and O–H groups in total. The number of amidine groups is 1. The van der Waals surface area contributed by atoms with Crippen LogP contribution in [0.1, 0.15) is 5.56 Å². The minimum Gasteiger partial charge on any atom is -0.336 e. The summed E-state index contributed by atoms with van der Waals surface area (Å²) in [7, 11) is 0. The molecule has 2 aliphatic rings. The zero-order chi connectivity index (χ0) is 25.7. The molecule has 0 saturated carbocycles. The molecule has 1 aliphatic heterocycles. The van der Waals surface area contributed by atoms with Gasteiger partial charge in [0.2, 0.25) is 5.43 Å². The van der Waals surface area contributed by atoms with Crippen molar-refractivity contribution < 1.29 is 0 Å². The van der Waals surface area contributed by atoms with E-state index < -0.39 is 0 Å². The Balaban J connectivity index is 1.51. The second-order valence-electron chi connectivity index (χ2n) is 8.67. The minimum atomic E-state index is -0.185. The van der Waals surface area contributed by atoms with E-state index in [-0.39, 0.29) is 5.43 Å². The smallest absolute Gasteiger partial charge is 0.204 e. The van der Waals surface area contributed by atoms with Gasteiger partial charge in [-0.15, -0.1) is 5.10 Å². The molecular formula is C32H23N5O. The van der Waals surface area contributed by atoms with E-state index in [2.05, 4.69) is 5.32 Å². The van der Waals surface area contributed by atoms with Crippen LogP contribution in [0, 0.1) is 0 Å². The Bertz CT molecular complexity index is 1730. The molecule has 0 fully saturated rings. The van der Waals surface area contributed by atoms with Gasteiger partial charge in [0.25, 0.3) is 0 Å². The number of nitrogens with zero attached hydrogens (tertiary/aromatic N) is 4. The number of benzene rings is 5. The van der Waals surface area contributed by atoms with Gasteiger partial charge in [-0.2, -0.15) is 0 Å². The summed E-state index contributed by atoms with van der Waals surface area (Å²) < 4.78 is 1.77. The number of fused-ring (bicyclic) bond motifs is 1. The van der Waals surface area contributed by atoms with Gasteiger partial charge in [0.15, 0.2) is 5.82 Å². The highest BCUT2D eigenvalue weighted by molar-refractivity contribution is 6.09. The van der Waals surface area contributed by atoms with Crippen LogP contribution in [0.25, 0.3) is 28.5 Å². The van der Waals surface area contributed by atoms with Crippen LogP contribution in [-0.4, -0.2) is 20.6 Å². The van der Waals surface area contributed by atoms with Gasteiger partial charge in [-0.1, -0.05) is 97.1 Å². The Labute approximate surface area is 220 Å². The minimum absolute atomic E-state index is 0.185. The number of rotatable bonds is 5. The Morgan fingerprint density at radius 1 is 0.711 bits per heavy atom. The van der Waals surface area contributed by atoms with Crippen molar-refractivity contribution in [2.24, 2.45) is 4.99 Å². The first-order valence-corrected chi connectivity index (χ1v) is 12.3. The molecular weight excluding hydrogens is 470 g/mol. The Morgan fingerprint density at radius 2 is 1.32 bits per heavy atom. The summed E-state index contributed by atoms with van der Waals surface area (Å²) in [5.41, 5.74) is 4.82. The lowest BCUT2D eigenvalue weighted by Gasteiger charge is -2.17. The van der Waals surface area contributed by atoms with Crippen LogP contribution in [0.3, 0.4) is 0 Å². The normalized spacial score (nSPS) is 11.4. The number of aliphatic imine (C=N–C) groups is 1. The van der Waals surface area contributed by atoms with E-state index in [1.54, 1.807) is 16.8 Å². The average Bonchev–Trinajstić information content (AvgIpc) is 2.98. The molecule has 6 nitrogen and oxygen atoms in total. The molecule has 1 heterocycles. The van der Waals surface area contributed by atoms with Crippen LogP contribution in [0.4, 0.5) is 11.4 Å². The number of nitrogens with one attached hydrogen (secondary N) is 1. The van der Waals surface area contributed by atoms with Gasteiger partial charge < -0.3 is 5.32 Å². The zero-order valence-corrected chi connectivity index (χ0v) is 20.4. The molecule has 6 heteroatoms. The van der Waals surface area contributed by atoms with Crippen LogP contribution in [0.2, 0.25) is 0 Å².